The average molecular weight is 445 g/mol. The van der Waals surface area contributed by atoms with Crippen LogP contribution in [0.5, 0.6) is 11.5 Å². The lowest BCUT2D eigenvalue weighted by atomic mass is 9.83. The predicted molar refractivity (Wildman–Crippen MR) is 139 cm³/mol. The molecule has 0 spiro atoms. The third-order valence-corrected chi connectivity index (χ3v) is 5.89. The quantitative estimate of drug-likeness (QED) is 0.332. The molecule has 0 saturated carbocycles. The third kappa shape index (κ3) is 5.44. The van der Waals surface area contributed by atoms with Gasteiger partial charge >= 0.3 is 0 Å². The van der Waals surface area contributed by atoms with Crippen molar-refractivity contribution in [2.45, 2.75) is 59.3 Å². The van der Waals surface area contributed by atoms with Crippen LogP contribution < -0.4 is 9.47 Å². The summed E-state index contributed by atoms with van der Waals surface area (Å²) < 4.78 is 10.9. The molecular formula is C29H36N2O2. The smallest absolute Gasteiger partial charge is 0.148 e. The van der Waals surface area contributed by atoms with Gasteiger partial charge in [-0.3, -0.25) is 0 Å². The van der Waals surface area contributed by atoms with Gasteiger partial charge in [0.05, 0.1) is 31.8 Å². The van der Waals surface area contributed by atoms with Gasteiger partial charge in [0.15, 0.2) is 0 Å². The first-order valence-corrected chi connectivity index (χ1v) is 11.7. The molecule has 0 unspecified atom stereocenters. The van der Waals surface area contributed by atoms with E-state index in [0.29, 0.717) is 34.9 Å². The van der Waals surface area contributed by atoms with Crippen LogP contribution >= 0.6 is 0 Å². The summed E-state index contributed by atoms with van der Waals surface area (Å²) in [7, 11) is 3.27. The van der Waals surface area contributed by atoms with Crippen molar-refractivity contribution in [1.82, 2.24) is 4.98 Å². The highest BCUT2D eigenvalue weighted by Crippen LogP contribution is 2.39. The van der Waals surface area contributed by atoms with E-state index < -0.39 is 0 Å². The van der Waals surface area contributed by atoms with E-state index in [1.54, 1.807) is 20.4 Å². The normalized spacial score (nSPS) is 11.7. The number of para-hydroxylation sites is 1. The van der Waals surface area contributed by atoms with E-state index in [9.17, 15) is 0 Å². The van der Waals surface area contributed by atoms with Gasteiger partial charge in [-0.2, -0.15) is 0 Å². The maximum atomic E-state index is 5.47. The highest BCUT2D eigenvalue weighted by Gasteiger charge is 2.19. The summed E-state index contributed by atoms with van der Waals surface area (Å²) in [6.45, 7) is 13.5. The minimum atomic E-state index is 0.396. The molecule has 0 aliphatic carbocycles. The number of rotatable bonds is 8. The van der Waals surface area contributed by atoms with Crippen molar-refractivity contribution in [3.05, 3.63) is 70.9 Å². The summed E-state index contributed by atoms with van der Waals surface area (Å²) in [6.07, 6.45) is 1.77. The molecule has 4 nitrogen and oxygen atoms in total. The SMILES string of the molecule is COc1cccc(OC)c1N=Cc1cccc(-c2c(C(C)C)cc(C(C)C)cc2C(C)C)n1. The van der Waals surface area contributed by atoms with Crippen molar-refractivity contribution in [3.63, 3.8) is 0 Å². The minimum Gasteiger partial charge on any atom is -0.494 e. The largest absolute Gasteiger partial charge is 0.494 e. The number of pyridine rings is 1. The fraction of sp³-hybridized carbons (Fsp3) is 0.379. The Morgan fingerprint density at radius 3 is 1.79 bits per heavy atom. The second-order valence-corrected chi connectivity index (χ2v) is 9.26. The first kappa shape index (κ1) is 24.5. The summed E-state index contributed by atoms with van der Waals surface area (Å²) in [5.41, 5.74) is 7.74. The van der Waals surface area contributed by atoms with Gasteiger partial charge in [0.1, 0.15) is 17.2 Å². The lowest BCUT2D eigenvalue weighted by Crippen LogP contribution is -2.05. The zero-order valence-corrected chi connectivity index (χ0v) is 21.1. The Balaban J connectivity index is 2.12. The molecule has 1 aromatic heterocycles. The second kappa shape index (κ2) is 10.7. The van der Waals surface area contributed by atoms with Crippen LogP contribution in [0.4, 0.5) is 5.69 Å². The van der Waals surface area contributed by atoms with Crippen LogP contribution in [-0.2, 0) is 0 Å². The van der Waals surface area contributed by atoms with E-state index in [1.165, 1.54) is 22.3 Å². The Labute approximate surface area is 198 Å². The Kier molecular flexibility index (Phi) is 7.91. The van der Waals surface area contributed by atoms with Gasteiger partial charge in [-0.25, -0.2) is 9.98 Å². The van der Waals surface area contributed by atoms with E-state index in [2.05, 4.69) is 64.7 Å². The zero-order valence-electron chi connectivity index (χ0n) is 21.1. The van der Waals surface area contributed by atoms with Crippen molar-refractivity contribution in [2.75, 3.05) is 14.2 Å². The van der Waals surface area contributed by atoms with E-state index >= 15 is 0 Å². The molecule has 0 amide bonds. The Morgan fingerprint density at radius 2 is 1.30 bits per heavy atom. The molecule has 0 aliphatic rings. The molecule has 0 atom stereocenters. The number of hydrogen-bond donors (Lipinski definition) is 0. The third-order valence-electron chi connectivity index (χ3n) is 5.89. The summed E-state index contributed by atoms with van der Waals surface area (Å²) in [6, 6.07) is 16.5. The van der Waals surface area contributed by atoms with Gasteiger partial charge in [-0.05, 0) is 58.7 Å². The molecule has 0 aliphatic heterocycles. The van der Waals surface area contributed by atoms with Gasteiger partial charge in [0, 0.05) is 5.56 Å². The number of ether oxygens (including phenoxy) is 2. The number of benzene rings is 2. The number of aromatic nitrogens is 1. The van der Waals surface area contributed by atoms with Gasteiger partial charge in [0.2, 0.25) is 0 Å². The number of hydrogen-bond acceptors (Lipinski definition) is 4. The van der Waals surface area contributed by atoms with Crippen molar-refractivity contribution in [1.29, 1.82) is 0 Å². The summed E-state index contributed by atoms with van der Waals surface area (Å²) in [4.78, 5) is 9.67. The fourth-order valence-electron chi connectivity index (χ4n) is 4.00. The molecule has 1 heterocycles. The predicted octanol–water partition coefficient (Wildman–Crippen LogP) is 7.89. The highest BCUT2D eigenvalue weighted by atomic mass is 16.5. The Hall–Kier alpha value is -3.14. The molecule has 3 aromatic rings. The standard InChI is InChI=1S/C29H36N2O2/c1-18(2)21-15-23(19(3)4)28(24(16-21)20(5)6)25-12-9-11-22(31-25)17-30-29-26(32-7)13-10-14-27(29)33-8/h9-20H,1-8H3. The zero-order chi connectivity index (χ0) is 24.1. The van der Waals surface area contributed by atoms with Crippen LogP contribution in [0.2, 0.25) is 0 Å². The monoisotopic (exact) mass is 444 g/mol. The average Bonchev–Trinajstić information content (AvgIpc) is 2.81. The molecule has 0 saturated heterocycles. The van der Waals surface area contributed by atoms with Crippen LogP contribution in [0.3, 0.4) is 0 Å². The molecule has 0 radical (unpaired) electrons. The number of aliphatic imine (C=N–C) groups is 1. The van der Waals surface area contributed by atoms with E-state index in [1.807, 2.05) is 30.3 Å². The molecule has 33 heavy (non-hydrogen) atoms. The highest BCUT2D eigenvalue weighted by molar-refractivity contribution is 5.83. The van der Waals surface area contributed by atoms with Gasteiger partial charge < -0.3 is 9.47 Å². The Morgan fingerprint density at radius 1 is 0.758 bits per heavy atom. The van der Waals surface area contributed by atoms with E-state index in [4.69, 9.17) is 14.5 Å². The first-order valence-electron chi connectivity index (χ1n) is 11.7. The summed E-state index contributed by atoms with van der Waals surface area (Å²) in [5.74, 6) is 2.60. The lowest BCUT2D eigenvalue weighted by Gasteiger charge is -2.22. The molecular weight excluding hydrogens is 408 g/mol. The summed E-state index contributed by atoms with van der Waals surface area (Å²) in [5, 5.41) is 0. The molecule has 0 N–H and O–H groups in total. The fourth-order valence-corrected chi connectivity index (χ4v) is 4.00. The van der Waals surface area contributed by atoms with Crippen molar-refractivity contribution in [2.24, 2.45) is 4.99 Å². The lowest BCUT2D eigenvalue weighted by molar-refractivity contribution is 0.397. The molecule has 0 bridgehead atoms. The van der Waals surface area contributed by atoms with Gasteiger partial charge in [-0.1, -0.05) is 65.8 Å². The molecule has 4 heteroatoms. The molecule has 3 rings (SSSR count). The number of nitrogens with zero attached hydrogens (tertiary/aromatic N) is 2. The van der Waals surface area contributed by atoms with Crippen LogP contribution in [0.1, 0.15) is 81.7 Å². The summed E-state index contributed by atoms with van der Waals surface area (Å²) >= 11 is 0. The van der Waals surface area contributed by atoms with Crippen LogP contribution in [0.15, 0.2) is 53.5 Å². The molecule has 0 fully saturated rings. The van der Waals surface area contributed by atoms with E-state index in [-0.39, 0.29) is 0 Å². The topological polar surface area (TPSA) is 43.7 Å². The van der Waals surface area contributed by atoms with Gasteiger partial charge in [-0.15, -0.1) is 0 Å². The maximum absolute atomic E-state index is 5.47. The number of methoxy groups -OCH3 is 2. The second-order valence-electron chi connectivity index (χ2n) is 9.26. The minimum absolute atomic E-state index is 0.396. The van der Waals surface area contributed by atoms with Crippen LogP contribution in [0.25, 0.3) is 11.3 Å². The van der Waals surface area contributed by atoms with E-state index in [0.717, 1.165) is 11.4 Å². The van der Waals surface area contributed by atoms with Crippen molar-refractivity contribution in [3.8, 4) is 22.8 Å². The van der Waals surface area contributed by atoms with Gasteiger partial charge in [0.25, 0.3) is 0 Å². The van der Waals surface area contributed by atoms with Crippen LogP contribution in [0, 0.1) is 0 Å². The molecule has 174 valence electrons. The first-order chi connectivity index (χ1) is 15.8. The molecule has 2 aromatic carbocycles. The van der Waals surface area contributed by atoms with Crippen molar-refractivity contribution >= 4 is 11.9 Å². The van der Waals surface area contributed by atoms with Crippen LogP contribution in [-0.4, -0.2) is 25.4 Å². The Bertz CT molecular complexity index is 1080. The maximum Gasteiger partial charge on any atom is 0.148 e. The van der Waals surface area contributed by atoms with Crippen molar-refractivity contribution < 1.29 is 9.47 Å².